The van der Waals surface area contributed by atoms with Gasteiger partial charge >= 0.3 is 6.03 Å². The van der Waals surface area contributed by atoms with Crippen molar-refractivity contribution in [2.45, 2.75) is 6.42 Å². The Morgan fingerprint density at radius 1 is 1.18 bits per heavy atom. The largest absolute Gasteiger partial charge is 0.336 e. The van der Waals surface area contributed by atoms with Gasteiger partial charge in [0, 0.05) is 41.8 Å². The monoisotopic (exact) mass is 396 g/mol. The normalized spacial score (nSPS) is 13.5. The van der Waals surface area contributed by atoms with Crippen LogP contribution in [-0.2, 0) is 6.42 Å². The lowest BCUT2D eigenvalue weighted by Crippen LogP contribution is -2.27. The molecule has 8 heteroatoms. The van der Waals surface area contributed by atoms with Gasteiger partial charge in [-0.05, 0) is 42.0 Å². The van der Waals surface area contributed by atoms with Crippen LogP contribution >= 0.6 is 11.3 Å². The van der Waals surface area contributed by atoms with Crippen LogP contribution in [0.4, 0.5) is 20.0 Å². The number of nitrogens with one attached hydrogen (secondary N) is 2. The molecule has 1 fully saturated rings. The summed E-state index contributed by atoms with van der Waals surface area (Å²) in [4.78, 5) is 31.0. The molecule has 0 radical (unpaired) electrons. The molecule has 2 aromatic carbocycles. The van der Waals surface area contributed by atoms with Crippen molar-refractivity contribution < 1.29 is 14.0 Å². The van der Waals surface area contributed by atoms with E-state index in [0.717, 1.165) is 16.1 Å². The SMILES string of the molecule is O=C(Nc1ncc(Cc2ccc(F)cc2)s1)c1ccc(N2CCNC2=O)cc1. The molecule has 142 valence electrons. The van der Waals surface area contributed by atoms with E-state index < -0.39 is 0 Å². The number of nitrogens with zero attached hydrogens (tertiary/aromatic N) is 2. The van der Waals surface area contributed by atoms with Gasteiger partial charge in [-0.1, -0.05) is 12.1 Å². The Morgan fingerprint density at radius 2 is 1.93 bits per heavy atom. The minimum absolute atomic E-state index is 0.131. The van der Waals surface area contributed by atoms with Gasteiger partial charge in [0.15, 0.2) is 5.13 Å². The molecule has 2 N–H and O–H groups in total. The van der Waals surface area contributed by atoms with Crippen molar-refractivity contribution >= 4 is 34.1 Å². The zero-order valence-electron chi connectivity index (χ0n) is 14.8. The van der Waals surface area contributed by atoms with Crippen LogP contribution in [-0.4, -0.2) is 30.0 Å². The number of carbonyl (C=O) groups excluding carboxylic acids is 2. The van der Waals surface area contributed by atoms with E-state index in [4.69, 9.17) is 0 Å². The Morgan fingerprint density at radius 3 is 2.61 bits per heavy atom. The van der Waals surface area contributed by atoms with Crippen LogP contribution < -0.4 is 15.5 Å². The van der Waals surface area contributed by atoms with E-state index in [1.165, 1.54) is 23.5 Å². The van der Waals surface area contributed by atoms with E-state index in [2.05, 4.69) is 15.6 Å². The highest BCUT2D eigenvalue weighted by atomic mass is 32.1. The summed E-state index contributed by atoms with van der Waals surface area (Å²) in [7, 11) is 0. The first-order chi connectivity index (χ1) is 13.6. The number of urea groups is 1. The number of amides is 3. The number of halogens is 1. The quantitative estimate of drug-likeness (QED) is 0.691. The number of benzene rings is 2. The second kappa shape index (κ2) is 7.77. The number of hydrogen-bond donors (Lipinski definition) is 2. The van der Waals surface area contributed by atoms with Gasteiger partial charge in [0.05, 0.1) is 0 Å². The van der Waals surface area contributed by atoms with Crippen LogP contribution in [0.25, 0.3) is 0 Å². The zero-order chi connectivity index (χ0) is 19.5. The first-order valence-corrected chi connectivity index (χ1v) is 9.56. The molecular formula is C20H17FN4O2S. The molecular weight excluding hydrogens is 379 g/mol. The summed E-state index contributed by atoms with van der Waals surface area (Å²) >= 11 is 1.38. The average Bonchev–Trinajstić information content (AvgIpc) is 3.32. The van der Waals surface area contributed by atoms with Crippen LogP contribution in [0, 0.1) is 5.82 Å². The summed E-state index contributed by atoms with van der Waals surface area (Å²) in [6, 6.07) is 13.1. The molecule has 0 atom stereocenters. The first kappa shape index (κ1) is 18.1. The second-order valence-corrected chi connectivity index (χ2v) is 7.43. The van der Waals surface area contributed by atoms with Gasteiger partial charge in [-0.2, -0.15) is 0 Å². The van der Waals surface area contributed by atoms with Crippen molar-refractivity contribution in [3.8, 4) is 0 Å². The molecule has 1 aliphatic rings. The van der Waals surface area contributed by atoms with Crippen LogP contribution in [0.3, 0.4) is 0 Å². The maximum atomic E-state index is 13.0. The lowest BCUT2D eigenvalue weighted by atomic mass is 10.1. The van der Waals surface area contributed by atoms with E-state index in [0.29, 0.717) is 30.2 Å². The number of hydrogen-bond acceptors (Lipinski definition) is 4. The minimum Gasteiger partial charge on any atom is -0.336 e. The summed E-state index contributed by atoms with van der Waals surface area (Å²) in [6.07, 6.45) is 2.33. The molecule has 1 aliphatic heterocycles. The van der Waals surface area contributed by atoms with Gasteiger partial charge in [-0.15, -0.1) is 11.3 Å². The van der Waals surface area contributed by atoms with E-state index in [9.17, 15) is 14.0 Å². The highest BCUT2D eigenvalue weighted by Crippen LogP contribution is 2.23. The summed E-state index contributed by atoms with van der Waals surface area (Å²) in [6.45, 7) is 1.23. The Hall–Kier alpha value is -3.26. The molecule has 2 heterocycles. The predicted molar refractivity (Wildman–Crippen MR) is 106 cm³/mol. The van der Waals surface area contributed by atoms with Crippen molar-refractivity contribution in [1.29, 1.82) is 0 Å². The predicted octanol–water partition coefficient (Wildman–Crippen LogP) is 3.65. The zero-order valence-corrected chi connectivity index (χ0v) is 15.6. The van der Waals surface area contributed by atoms with Gasteiger partial charge in [-0.3, -0.25) is 15.0 Å². The molecule has 3 aromatic rings. The standard InChI is InChI=1S/C20H17FN4O2S/c21-15-5-1-13(2-6-15)11-17-12-23-19(28-17)24-18(26)14-3-7-16(8-4-14)25-10-9-22-20(25)27/h1-8,12H,9-11H2,(H,22,27)(H,23,24,26). The third-order valence-electron chi connectivity index (χ3n) is 4.36. The van der Waals surface area contributed by atoms with Gasteiger partial charge in [0.1, 0.15) is 5.82 Å². The van der Waals surface area contributed by atoms with Gasteiger partial charge < -0.3 is 5.32 Å². The second-order valence-electron chi connectivity index (χ2n) is 6.32. The summed E-state index contributed by atoms with van der Waals surface area (Å²) in [5.41, 5.74) is 2.21. The Labute approximate surface area is 165 Å². The molecule has 4 rings (SSSR count). The Kier molecular flexibility index (Phi) is 5.03. The van der Waals surface area contributed by atoms with Crippen molar-refractivity contribution in [2.75, 3.05) is 23.3 Å². The van der Waals surface area contributed by atoms with E-state index >= 15 is 0 Å². The van der Waals surface area contributed by atoms with E-state index in [-0.39, 0.29) is 17.8 Å². The molecule has 6 nitrogen and oxygen atoms in total. The maximum Gasteiger partial charge on any atom is 0.321 e. The highest BCUT2D eigenvalue weighted by Gasteiger charge is 2.21. The lowest BCUT2D eigenvalue weighted by Gasteiger charge is -2.14. The molecule has 1 aromatic heterocycles. The molecule has 1 saturated heterocycles. The van der Waals surface area contributed by atoms with Crippen molar-refractivity contribution in [2.24, 2.45) is 0 Å². The molecule has 0 bridgehead atoms. The third-order valence-corrected chi connectivity index (χ3v) is 5.28. The minimum atomic E-state index is -0.266. The summed E-state index contributed by atoms with van der Waals surface area (Å²) in [5.74, 6) is -0.530. The van der Waals surface area contributed by atoms with Crippen LogP contribution in [0.1, 0.15) is 20.8 Å². The van der Waals surface area contributed by atoms with Crippen molar-refractivity contribution in [3.05, 3.63) is 76.5 Å². The van der Waals surface area contributed by atoms with Crippen molar-refractivity contribution in [1.82, 2.24) is 10.3 Å². The number of anilines is 2. The summed E-state index contributed by atoms with van der Waals surface area (Å²) < 4.78 is 13.0. The van der Waals surface area contributed by atoms with Crippen LogP contribution in [0.15, 0.2) is 54.7 Å². The lowest BCUT2D eigenvalue weighted by molar-refractivity contribution is 0.102. The Bertz CT molecular complexity index is 1000. The maximum absolute atomic E-state index is 13.0. The molecule has 0 saturated carbocycles. The average molecular weight is 396 g/mol. The third kappa shape index (κ3) is 4.01. The van der Waals surface area contributed by atoms with Gasteiger partial charge in [0.2, 0.25) is 0 Å². The van der Waals surface area contributed by atoms with E-state index in [1.54, 1.807) is 47.5 Å². The van der Waals surface area contributed by atoms with Crippen molar-refractivity contribution in [3.63, 3.8) is 0 Å². The number of thiazole rings is 1. The van der Waals surface area contributed by atoms with Crippen LogP contribution in [0.2, 0.25) is 0 Å². The summed E-state index contributed by atoms with van der Waals surface area (Å²) in [5, 5.41) is 6.03. The molecule has 0 aliphatic carbocycles. The number of aromatic nitrogens is 1. The Balaban J connectivity index is 1.39. The topological polar surface area (TPSA) is 74.3 Å². The fourth-order valence-corrected chi connectivity index (χ4v) is 3.77. The molecule has 3 amide bonds. The first-order valence-electron chi connectivity index (χ1n) is 8.74. The van der Waals surface area contributed by atoms with E-state index in [1.807, 2.05) is 0 Å². The fourth-order valence-electron chi connectivity index (χ4n) is 2.93. The molecule has 28 heavy (non-hydrogen) atoms. The number of rotatable bonds is 5. The van der Waals surface area contributed by atoms with Gasteiger partial charge in [0.25, 0.3) is 5.91 Å². The molecule has 0 spiro atoms. The number of carbonyl (C=O) groups is 2. The van der Waals surface area contributed by atoms with Gasteiger partial charge in [-0.25, -0.2) is 14.2 Å². The van der Waals surface area contributed by atoms with Crippen LogP contribution in [0.5, 0.6) is 0 Å². The molecule has 0 unspecified atom stereocenters. The highest BCUT2D eigenvalue weighted by molar-refractivity contribution is 7.15. The smallest absolute Gasteiger partial charge is 0.321 e. The fraction of sp³-hybridized carbons (Fsp3) is 0.150.